The highest BCUT2D eigenvalue weighted by Crippen LogP contribution is 2.12. The molecule has 2 unspecified atom stereocenters. The number of methoxy groups -OCH3 is 1. The van der Waals surface area contributed by atoms with Crippen molar-refractivity contribution in [2.24, 2.45) is 0 Å². The van der Waals surface area contributed by atoms with E-state index in [1.807, 2.05) is 0 Å². The number of hydrogen-bond acceptors (Lipinski definition) is 5. The molecule has 1 fully saturated rings. The number of halogens is 1. The van der Waals surface area contributed by atoms with Gasteiger partial charge in [0.15, 0.2) is 0 Å². The molecule has 0 aromatic heterocycles. The van der Waals surface area contributed by atoms with E-state index in [1.54, 1.807) is 7.11 Å². The van der Waals surface area contributed by atoms with Gasteiger partial charge in [-0.15, -0.1) is 0 Å². The van der Waals surface area contributed by atoms with Crippen molar-refractivity contribution in [3.63, 3.8) is 0 Å². The lowest BCUT2D eigenvalue weighted by molar-refractivity contribution is -0.0742. The lowest BCUT2D eigenvalue weighted by Crippen LogP contribution is -2.52. The second-order valence-corrected chi connectivity index (χ2v) is 6.97. The van der Waals surface area contributed by atoms with Crippen molar-refractivity contribution in [1.82, 2.24) is 9.44 Å². The minimum atomic E-state index is -3.71. The summed E-state index contributed by atoms with van der Waals surface area (Å²) in [6.45, 7) is 1.67. The van der Waals surface area contributed by atoms with Gasteiger partial charge in [0.25, 0.3) is 10.2 Å². The van der Waals surface area contributed by atoms with Crippen LogP contribution >= 0.6 is 0 Å². The van der Waals surface area contributed by atoms with E-state index in [4.69, 9.17) is 14.2 Å². The van der Waals surface area contributed by atoms with Gasteiger partial charge >= 0.3 is 0 Å². The van der Waals surface area contributed by atoms with Crippen molar-refractivity contribution in [3.8, 4) is 0 Å². The monoisotopic (exact) mass is 362 g/mol. The molecule has 2 rings (SSSR count). The highest BCUT2D eigenvalue weighted by molar-refractivity contribution is 7.87. The summed E-state index contributed by atoms with van der Waals surface area (Å²) < 4.78 is 58.2. The van der Waals surface area contributed by atoms with E-state index in [-0.39, 0.29) is 24.5 Å². The largest absolute Gasteiger partial charge is 0.382 e. The fourth-order valence-corrected chi connectivity index (χ4v) is 3.42. The van der Waals surface area contributed by atoms with Crippen molar-refractivity contribution in [2.45, 2.75) is 25.1 Å². The molecule has 0 spiro atoms. The molecule has 9 heteroatoms. The van der Waals surface area contributed by atoms with Gasteiger partial charge in [0.2, 0.25) is 0 Å². The first-order valence-electron chi connectivity index (χ1n) is 7.70. The first-order chi connectivity index (χ1) is 11.5. The first kappa shape index (κ1) is 19.2. The Balaban J connectivity index is 1.87. The Bertz CT molecular complexity index is 596. The summed E-state index contributed by atoms with van der Waals surface area (Å²) in [4.78, 5) is 0. The zero-order valence-electron chi connectivity index (χ0n) is 13.5. The highest BCUT2D eigenvalue weighted by atomic mass is 32.2. The molecule has 0 saturated carbocycles. The molecule has 7 nitrogen and oxygen atoms in total. The van der Waals surface area contributed by atoms with Crippen molar-refractivity contribution < 1.29 is 27.0 Å². The average Bonchev–Trinajstić information content (AvgIpc) is 2.56. The lowest BCUT2D eigenvalue weighted by atomic mass is 10.1. The second kappa shape index (κ2) is 9.40. The number of ether oxygens (including phenoxy) is 3. The third-order valence-corrected chi connectivity index (χ3v) is 4.75. The Hall–Kier alpha value is -1.10. The predicted molar refractivity (Wildman–Crippen MR) is 86.1 cm³/mol. The Kier molecular flexibility index (Phi) is 7.53. The van der Waals surface area contributed by atoms with E-state index in [0.29, 0.717) is 38.4 Å². The molecule has 24 heavy (non-hydrogen) atoms. The van der Waals surface area contributed by atoms with Crippen LogP contribution in [0.3, 0.4) is 0 Å². The van der Waals surface area contributed by atoms with Gasteiger partial charge in [0.1, 0.15) is 5.82 Å². The van der Waals surface area contributed by atoms with Crippen molar-refractivity contribution in [3.05, 3.63) is 35.6 Å². The van der Waals surface area contributed by atoms with Crippen LogP contribution in [-0.4, -0.2) is 54.1 Å². The minimum Gasteiger partial charge on any atom is -0.382 e. The molecule has 1 aliphatic heterocycles. The smallest absolute Gasteiger partial charge is 0.277 e. The number of benzene rings is 1. The molecule has 0 amide bonds. The molecular weight excluding hydrogens is 339 g/mol. The van der Waals surface area contributed by atoms with E-state index in [2.05, 4.69) is 9.44 Å². The fourth-order valence-electron chi connectivity index (χ4n) is 2.32. The van der Waals surface area contributed by atoms with Gasteiger partial charge in [0.05, 0.1) is 32.0 Å². The molecule has 2 atom stereocenters. The second-order valence-electron chi connectivity index (χ2n) is 5.44. The quantitative estimate of drug-likeness (QED) is 0.628. The van der Waals surface area contributed by atoms with Crippen molar-refractivity contribution in [2.75, 3.05) is 33.5 Å². The van der Waals surface area contributed by atoms with Crippen LogP contribution in [0.15, 0.2) is 24.3 Å². The molecule has 1 saturated heterocycles. The SMILES string of the molecule is COCCOC1COCCC1NS(=O)(=O)NCc1ccc(F)cc1. The summed E-state index contributed by atoms with van der Waals surface area (Å²) in [7, 11) is -2.14. The zero-order valence-corrected chi connectivity index (χ0v) is 14.4. The zero-order chi connectivity index (χ0) is 17.4. The van der Waals surface area contributed by atoms with E-state index < -0.39 is 10.2 Å². The topological polar surface area (TPSA) is 85.9 Å². The highest BCUT2D eigenvalue weighted by Gasteiger charge is 2.30. The summed E-state index contributed by atoms with van der Waals surface area (Å²) in [6, 6.07) is 5.26. The third-order valence-electron chi connectivity index (χ3n) is 3.61. The van der Waals surface area contributed by atoms with E-state index in [0.717, 1.165) is 0 Å². The standard InChI is InChI=1S/C15H23FN2O5S/c1-21-8-9-23-15-11-22-7-6-14(15)18-24(19,20)17-10-12-2-4-13(16)5-3-12/h2-5,14-15,17-18H,6-11H2,1H3. The Morgan fingerprint density at radius 3 is 2.75 bits per heavy atom. The molecular formula is C15H23FN2O5S. The molecule has 0 aliphatic carbocycles. The molecule has 1 aromatic carbocycles. The van der Waals surface area contributed by atoms with E-state index in [1.165, 1.54) is 24.3 Å². The molecule has 136 valence electrons. The Morgan fingerprint density at radius 2 is 2.04 bits per heavy atom. The molecule has 1 aliphatic rings. The van der Waals surface area contributed by atoms with Gasteiger partial charge in [-0.05, 0) is 24.1 Å². The van der Waals surface area contributed by atoms with Gasteiger partial charge in [-0.2, -0.15) is 17.9 Å². The predicted octanol–water partition coefficient (Wildman–Crippen LogP) is 0.570. The molecule has 2 N–H and O–H groups in total. The maximum atomic E-state index is 12.9. The average molecular weight is 362 g/mol. The molecule has 0 bridgehead atoms. The van der Waals surface area contributed by atoms with Gasteiger partial charge in [-0.25, -0.2) is 4.39 Å². The van der Waals surface area contributed by atoms with Gasteiger partial charge in [-0.3, -0.25) is 0 Å². The van der Waals surface area contributed by atoms with Gasteiger partial charge in [-0.1, -0.05) is 12.1 Å². The van der Waals surface area contributed by atoms with E-state index >= 15 is 0 Å². The molecule has 1 aromatic rings. The summed E-state index contributed by atoms with van der Waals surface area (Å²) in [5.41, 5.74) is 0.668. The van der Waals surface area contributed by atoms with Crippen LogP contribution in [0.5, 0.6) is 0 Å². The maximum Gasteiger partial charge on any atom is 0.277 e. The summed E-state index contributed by atoms with van der Waals surface area (Å²) in [5.74, 6) is -0.363. The third kappa shape index (κ3) is 6.42. The summed E-state index contributed by atoms with van der Waals surface area (Å²) in [5, 5.41) is 0. The van der Waals surface area contributed by atoms with Crippen LogP contribution < -0.4 is 9.44 Å². The van der Waals surface area contributed by atoms with Crippen LogP contribution in [0.1, 0.15) is 12.0 Å². The molecule has 1 heterocycles. The van der Waals surface area contributed by atoms with Crippen LogP contribution in [0.25, 0.3) is 0 Å². The fraction of sp³-hybridized carbons (Fsp3) is 0.600. The number of nitrogens with one attached hydrogen (secondary N) is 2. The number of rotatable bonds is 9. The van der Waals surface area contributed by atoms with Gasteiger partial charge in [0, 0.05) is 20.3 Å². The van der Waals surface area contributed by atoms with Crippen LogP contribution in [-0.2, 0) is 31.0 Å². The van der Waals surface area contributed by atoms with Crippen LogP contribution in [0.4, 0.5) is 4.39 Å². The van der Waals surface area contributed by atoms with Gasteiger partial charge < -0.3 is 14.2 Å². The van der Waals surface area contributed by atoms with Crippen molar-refractivity contribution in [1.29, 1.82) is 0 Å². The maximum absolute atomic E-state index is 12.9. The molecule has 0 radical (unpaired) electrons. The normalized spacial score (nSPS) is 21.8. The summed E-state index contributed by atoms with van der Waals surface area (Å²) >= 11 is 0. The minimum absolute atomic E-state index is 0.0774. The van der Waals surface area contributed by atoms with Crippen molar-refractivity contribution >= 4 is 10.2 Å². The Morgan fingerprint density at radius 1 is 1.29 bits per heavy atom. The lowest BCUT2D eigenvalue weighted by Gasteiger charge is -2.31. The van der Waals surface area contributed by atoms with E-state index in [9.17, 15) is 12.8 Å². The van der Waals surface area contributed by atoms with Crippen LogP contribution in [0, 0.1) is 5.82 Å². The number of hydrogen-bond donors (Lipinski definition) is 2. The van der Waals surface area contributed by atoms with Crippen LogP contribution in [0.2, 0.25) is 0 Å². The first-order valence-corrected chi connectivity index (χ1v) is 9.18. The summed E-state index contributed by atoms with van der Waals surface area (Å²) in [6.07, 6.45) is 0.158. The Labute approximate surface area is 141 Å².